The van der Waals surface area contributed by atoms with Crippen LogP contribution >= 0.6 is 0 Å². The van der Waals surface area contributed by atoms with E-state index in [-0.39, 0.29) is 45.1 Å². The average molecular weight is 591 g/mol. The lowest BCUT2D eigenvalue weighted by Gasteiger charge is -2.16. The fourth-order valence-electron chi connectivity index (χ4n) is 3.31. The predicted octanol–water partition coefficient (Wildman–Crippen LogP) is 6.68. The van der Waals surface area contributed by atoms with E-state index in [2.05, 4.69) is 38.2 Å². The quantitative estimate of drug-likeness (QED) is 0.118. The van der Waals surface area contributed by atoms with E-state index in [9.17, 15) is 19.2 Å². The highest BCUT2D eigenvalue weighted by Gasteiger charge is 2.21. The van der Waals surface area contributed by atoms with Crippen molar-refractivity contribution in [2.24, 2.45) is 0 Å². The molecule has 222 valence electrons. The Bertz CT molecular complexity index is 1710. The summed E-state index contributed by atoms with van der Waals surface area (Å²) in [6.45, 7) is 20.5. The van der Waals surface area contributed by atoms with Crippen LogP contribution in [0.15, 0.2) is 109 Å². The molecular formula is C36H30O8. The molecule has 0 N–H and O–H groups in total. The molecule has 0 saturated heterocycles. The first-order valence-electron chi connectivity index (χ1n) is 13.2. The smallest absolute Gasteiger partial charge is 0.338 e. The van der Waals surface area contributed by atoms with Gasteiger partial charge in [-0.2, -0.15) is 0 Å². The van der Waals surface area contributed by atoms with Gasteiger partial charge in [0.1, 0.15) is 23.0 Å². The number of carbonyl (C=O) groups excluding carboxylic acids is 4. The summed E-state index contributed by atoms with van der Waals surface area (Å²) in [4.78, 5) is 49.0. The predicted molar refractivity (Wildman–Crippen MR) is 166 cm³/mol. The Morgan fingerprint density at radius 2 is 0.841 bits per heavy atom. The van der Waals surface area contributed by atoms with E-state index in [1.807, 2.05) is 0 Å². The van der Waals surface area contributed by atoms with Crippen molar-refractivity contribution in [1.82, 2.24) is 0 Å². The molecule has 8 nitrogen and oxygen atoms in total. The minimum absolute atomic E-state index is 0.0445. The lowest BCUT2D eigenvalue weighted by Crippen LogP contribution is -2.12. The van der Waals surface area contributed by atoms with Gasteiger partial charge in [0.05, 0.1) is 5.56 Å². The first-order chi connectivity index (χ1) is 20.7. The third-order valence-electron chi connectivity index (χ3n) is 5.63. The van der Waals surface area contributed by atoms with E-state index in [1.165, 1.54) is 45.0 Å². The Hall–Kier alpha value is -5.94. The number of carbonyl (C=O) groups is 4. The largest absolute Gasteiger partial charge is 0.423 e. The second-order valence-corrected chi connectivity index (χ2v) is 9.83. The van der Waals surface area contributed by atoms with Crippen molar-refractivity contribution in [2.45, 2.75) is 27.7 Å². The standard InChI is InChI=1S/C36H30O8/c1-21(2)33(37)41-28-15-11-25(12-16-28)9-10-26-19-30(43-35(39)23(5)6)32(31(20-26)44-36(40)24(7)8)27-13-17-29(18-14-27)42-34(38)22(3)4/h11-20H,1,3,5,7H2,2,4,6,8H3. The van der Waals surface area contributed by atoms with Crippen LogP contribution in [-0.2, 0) is 19.2 Å². The monoisotopic (exact) mass is 590 g/mol. The number of esters is 4. The highest BCUT2D eigenvalue weighted by molar-refractivity contribution is 5.94. The van der Waals surface area contributed by atoms with Gasteiger partial charge < -0.3 is 18.9 Å². The van der Waals surface area contributed by atoms with Crippen molar-refractivity contribution in [3.05, 3.63) is 120 Å². The van der Waals surface area contributed by atoms with Crippen LogP contribution < -0.4 is 18.9 Å². The van der Waals surface area contributed by atoms with E-state index in [4.69, 9.17) is 18.9 Å². The Morgan fingerprint density at radius 3 is 1.23 bits per heavy atom. The van der Waals surface area contributed by atoms with E-state index < -0.39 is 23.9 Å². The molecule has 0 fully saturated rings. The molecule has 0 aliphatic rings. The van der Waals surface area contributed by atoms with Gasteiger partial charge in [-0.15, -0.1) is 0 Å². The number of hydrogen-bond donors (Lipinski definition) is 0. The summed E-state index contributed by atoms with van der Waals surface area (Å²) >= 11 is 0. The van der Waals surface area contributed by atoms with Crippen molar-refractivity contribution < 1.29 is 38.1 Å². The molecular weight excluding hydrogens is 560 g/mol. The van der Waals surface area contributed by atoms with Crippen molar-refractivity contribution in [2.75, 3.05) is 0 Å². The Morgan fingerprint density at radius 1 is 0.500 bits per heavy atom. The Balaban J connectivity index is 2.11. The Labute approximate surface area is 255 Å². The molecule has 0 aromatic heterocycles. The topological polar surface area (TPSA) is 105 Å². The second-order valence-electron chi connectivity index (χ2n) is 9.83. The number of hydrogen-bond acceptors (Lipinski definition) is 8. The number of benzene rings is 3. The minimum atomic E-state index is -0.708. The summed E-state index contributed by atoms with van der Waals surface area (Å²) < 4.78 is 21.8. The van der Waals surface area contributed by atoms with Gasteiger partial charge in [-0.05, 0) is 81.8 Å². The van der Waals surface area contributed by atoms with Crippen molar-refractivity contribution in [1.29, 1.82) is 0 Å². The maximum absolute atomic E-state index is 12.6. The molecule has 44 heavy (non-hydrogen) atoms. The maximum atomic E-state index is 12.6. The number of ether oxygens (including phenoxy) is 4. The van der Waals surface area contributed by atoms with E-state index >= 15 is 0 Å². The van der Waals surface area contributed by atoms with Crippen LogP contribution in [0.2, 0.25) is 0 Å². The van der Waals surface area contributed by atoms with E-state index in [0.717, 1.165) is 0 Å². The highest BCUT2D eigenvalue weighted by atomic mass is 16.6. The van der Waals surface area contributed by atoms with Gasteiger partial charge in [0.2, 0.25) is 0 Å². The molecule has 0 heterocycles. The molecule has 0 spiro atoms. The minimum Gasteiger partial charge on any atom is -0.423 e. The fraction of sp³-hybridized carbons (Fsp3) is 0.111. The third-order valence-corrected chi connectivity index (χ3v) is 5.63. The van der Waals surface area contributed by atoms with Crippen molar-refractivity contribution >= 4 is 23.9 Å². The van der Waals surface area contributed by atoms with Gasteiger partial charge in [-0.3, -0.25) is 0 Å². The third kappa shape index (κ3) is 8.78. The van der Waals surface area contributed by atoms with Crippen molar-refractivity contribution in [3.8, 4) is 46.0 Å². The van der Waals surface area contributed by atoms with Crippen LogP contribution in [0.1, 0.15) is 38.8 Å². The van der Waals surface area contributed by atoms with Crippen LogP contribution in [0.5, 0.6) is 23.0 Å². The van der Waals surface area contributed by atoms with Gasteiger partial charge in [-0.1, -0.05) is 50.3 Å². The van der Waals surface area contributed by atoms with Crippen molar-refractivity contribution in [3.63, 3.8) is 0 Å². The van der Waals surface area contributed by atoms with Crippen LogP contribution in [-0.4, -0.2) is 23.9 Å². The van der Waals surface area contributed by atoms with E-state index in [1.54, 1.807) is 43.3 Å². The first-order valence-corrected chi connectivity index (χ1v) is 13.2. The molecule has 3 rings (SSSR count). The summed E-state index contributed by atoms with van der Waals surface area (Å²) in [5.41, 5.74) is 2.47. The zero-order chi connectivity index (χ0) is 32.6. The SMILES string of the molecule is C=C(C)C(=O)Oc1ccc(C#Cc2cc(OC(=O)C(=C)C)c(-c3ccc(OC(=O)C(=C)C)cc3)c(OC(=O)C(=C)C)c2)cc1. The van der Waals surface area contributed by atoms with Crippen LogP contribution in [0.3, 0.4) is 0 Å². The van der Waals surface area contributed by atoms with Crippen LogP contribution in [0, 0.1) is 11.8 Å². The molecule has 0 saturated carbocycles. The van der Waals surface area contributed by atoms with E-state index in [0.29, 0.717) is 22.4 Å². The molecule has 0 aliphatic carbocycles. The lowest BCUT2D eigenvalue weighted by molar-refractivity contribution is -0.131. The first kappa shape index (κ1) is 32.6. The van der Waals surface area contributed by atoms with Gasteiger partial charge in [0.25, 0.3) is 0 Å². The van der Waals surface area contributed by atoms with Crippen LogP contribution in [0.4, 0.5) is 0 Å². The molecule has 3 aromatic rings. The molecule has 8 heteroatoms. The summed E-state index contributed by atoms with van der Waals surface area (Å²) in [6, 6.07) is 15.9. The normalized spacial score (nSPS) is 9.91. The molecule has 0 unspecified atom stereocenters. The molecule has 3 aromatic carbocycles. The molecule has 0 atom stereocenters. The van der Waals surface area contributed by atoms with Gasteiger partial charge in [-0.25, -0.2) is 19.2 Å². The van der Waals surface area contributed by atoms with Crippen LogP contribution in [0.25, 0.3) is 11.1 Å². The molecule has 0 aliphatic heterocycles. The van der Waals surface area contributed by atoms with Gasteiger partial charge >= 0.3 is 23.9 Å². The summed E-state index contributed by atoms with van der Waals surface area (Å²) in [6.07, 6.45) is 0. The molecule has 0 radical (unpaired) electrons. The summed E-state index contributed by atoms with van der Waals surface area (Å²) in [5, 5.41) is 0. The average Bonchev–Trinajstić information content (AvgIpc) is 2.97. The molecule has 0 bridgehead atoms. The zero-order valence-corrected chi connectivity index (χ0v) is 24.9. The second kappa shape index (κ2) is 14.3. The lowest BCUT2D eigenvalue weighted by atomic mass is 10.0. The Kier molecular flexibility index (Phi) is 10.6. The summed E-state index contributed by atoms with van der Waals surface area (Å²) in [7, 11) is 0. The zero-order valence-electron chi connectivity index (χ0n) is 24.9. The summed E-state index contributed by atoms with van der Waals surface area (Å²) in [5.74, 6) is 4.09. The van der Waals surface area contributed by atoms with Gasteiger partial charge in [0, 0.05) is 33.4 Å². The van der Waals surface area contributed by atoms with Gasteiger partial charge in [0.15, 0.2) is 0 Å². The highest BCUT2D eigenvalue weighted by Crippen LogP contribution is 2.41. The maximum Gasteiger partial charge on any atom is 0.338 e. The molecule has 0 amide bonds. The number of rotatable bonds is 9. The fourth-order valence-corrected chi connectivity index (χ4v) is 3.31.